The molecule has 0 aromatic carbocycles. The Labute approximate surface area is 91.2 Å². The number of esters is 1. The number of rotatable bonds is 1. The normalized spacial score (nSPS) is 9.00. The molecule has 0 spiro atoms. The first-order valence-corrected chi connectivity index (χ1v) is 4.51. The summed E-state index contributed by atoms with van der Waals surface area (Å²) >= 11 is 5.35. The molecule has 1 aromatic rings. The Morgan fingerprint density at radius 3 is 3.07 bits per heavy atom. The van der Waals surface area contributed by atoms with E-state index in [0.29, 0.717) is 5.56 Å². The molecule has 0 atom stereocenters. The highest BCUT2D eigenvalue weighted by Gasteiger charge is 2.13. The molecule has 78 valence electrons. The molecule has 0 radical (unpaired) electrons. The zero-order chi connectivity index (χ0) is 11.3. The van der Waals surface area contributed by atoms with Gasteiger partial charge in [-0.1, -0.05) is 11.8 Å². The van der Waals surface area contributed by atoms with Crippen molar-refractivity contribution in [3.63, 3.8) is 0 Å². The van der Waals surface area contributed by atoms with E-state index in [1.165, 1.54) is 19.4 Å². The maximum Gasteiger partial charge on any atom is 0.342 e. The highest BCUT2D eigenvalue weighted by Crippen LogP contribution is 2.08. The fraction of sp³-hybridized carbons (Fsp3) is 0.200. The second-order valence-corrected chi connectivity index (χ2v) is 2.76. The first-order chi connectivity index (χ1) is 7.19. The summed E-state index contributed by atoms with van der Waals surface area (Å²) in [5, 5.41) is 0. The number of alkyl halides is 1. The number of aromatic nitrogens is 1. The van der Waals surface area contributed by atoms with E-state index in [-0.39, 0.29) is 11.4 Å². The molecular weight excluding hydrogens is 221 g/mol. The number of carbonyl (C=O) groups excluding carboxylic acids is 1. The molecule has 1 rings (SSSR count). The van der Waals surface area contributed by atoms with E-state index < -0.39 is 11.9 Å². The van der Waals surface area contributed by atoms with Gasteiger partial charge in [-0.2, -0.15) is 4.39 Å². The fourth-order valence-electron chi connectivity index (χ4n) is 0.905. The van der Waals surface area contributed by atoms with Crippen LogP contribution in [0.4, 0.5) is 4.39 Å². The quantitative estimate of drug-likeness (QED) is 0.317. The summed E-state index contributed by atoms with van der Waals surface area (Å²) in [6.45, 7) is 0. The van der Waals surface area contributed by atoms with E-state index >= 15 is 0 Å². The van der Waals surface area contributed by atoms with Crippen LogP contribution in [-0.2, 0) is 4.74 Å². The molecule has 0 bridgehead atoms. The molecule has 5 heteroatoms. The van der Waals surface area contributed by atoms with Crippen LogP contribution < -0.4 is 0 Å². The third-order valence-corrected chi connectivity index (χ3v) is 1.68. The number of ether oxygens (including phenoxy) is 1. The maximum absolute atomic E-state index is 13.0. The highest BCUT2D eigenvalue weighted by molar-refractivity contribution is 6.19. The lowest BCUT2D eigenvalue weighted by Gasteiger charge is -2.00. The number of hydrogen-bond acceptors (Lipinski definition) is 3. The molecule has 0 aliphatic heterocycles. The van der Waals surface area contributed by atoms with Crippen molar-refractivity contribution in [2.75, 3.05) is 13.0 Å². The minimum absolute atomic E-state index is 0.158. The van der Waals surface area contributed by atoms with E-state index in [2.05, 4.69) is 21.6 Å². The molecule has 1 heterocycles. The average Bonchev–Trinajstić information content (AvgIpc) is 2.27. The first-order valence-electron chi connectivity index (χ1n) is 3.97. The summed E-state index contributed by atoms with van der Waals surface area (Å²) in [4.78, 5) is 14.5. The van der Waals surface area contributed by atoms with Crippen molar-refractivity contribution in [1.29, 1.82) is 0 Å². The SMILES string of the molecule is COC(=O)c1cc(C#CCCl)cnc1F. The number of nitrogens with zero attached hydrogens (tertiary/aromatic N) is 1. The molecule has 0 aliphatic rings. The summed E-state index contributed by atoms with van der Waals surface area (Å²) in [7, 11) is 1.17. The van der Waals surface area contributed by atoms with Crippen molar-refractivity contribution in [1.82, 2.24) is 4.98 Å². The Balaban J connectivity index is 3.10. The van der Waals surface area contributed by atoms with Gasteiger partial charge in [-0.3, -0.25) is 0 Å². The molecule has 15 heavy (non-hydrogen) atoms. The van der Waals surface area contributed by atoms with Gasteiger partial charge >= 0.3 is 5.97 Å². The topological polar surface area (TPSA) is 39.2 Å². The van der Waals surface area contributed by atoms with Crippen molar-refractivity contribution in [3.05, 3.63) is 29.3 Å². The minimum Gasteiger partial charge on any atom is -0.465 e. The Hall–Kier alpha value is -1.60. The van der Waals surface area contributed by atoms with Gasteiger partial charge in [0.2, 0.25) is 5.95 Å². The predicted molar refractivity (Wildman–Crippen MR) is 53.1 cm³/mol. The number of pyridine rings is 1. The van der Waals surface area contributed by atoms with Crippen LogP contribution in [0.5, 0.6) is 0 Å². The zero-order valence-corrected chi connectivity index (χ0v) is 8.64. The zero-order valence-electron chi connectivity index (χ0n) is 7.88. The van der Waals surface area contributed by atoms with Crippen molar-refractivity contribution < 1.29 is 13.9 Å². The second kappa shape index (κ2) is 5.32. The van der Waals surface area contributed by atoms with Gasteiger partial charge in [0.25, 0.3) is 0 Å². The van der Waals surface area contributed by atoms with Crippen LogP contribution in [0.3, 0.4) is 0 Å². The maximum atomic E-state index is 13.0. The minimum atomic E-state index is -0.877. The molecule has 0 amide bonds. The van der Waals surface area contributed by atoms with E-state index in [1.54, 1.807) is 0 Å². The summed E-state index contributed by atoms with van der Waals surface area (Å²) < 4.78 is 17.4. The lowest BCUT2D eigenvalue weighted by molar-refractivity contribution is 0.0594. The smallest absolute Gasteiger partial charge is 0.342 e. The van der Waals surface area contributed by atoms with Crippen LogP contribution in [0, 0.1) is 17.8 Å². The van der Waals surface area contributed by atoms with Crippen LogP contribution >= 0.6 is 11.6 Å². The monoisotopic (exact) mass is 227 g/mol. The molecule has 0 fully saturated rings. The molecular formula is C10H7ClFNO2. The molecule has 3 nitrogen and oxygen atoms in total. The predicted octanol–water partition coefficient (Wildman–Crippen LogP) is 1.60. The van der Waals surface area contributed by atoms with Crippen LogP contribution in [-0.4, -0.2) is 23.9 Å². The van der Waals surface area contributed by atoms with Crippen molar-refractivity contribution in [3.8, 4) is 11.8 Å². The molecule has 0 saturated carbocycles. The second-order valence-electron chi connectivity index (χ2n) is 2.49. The number of methoxy groups -OCH3 is 1. The van der Waals surface area contributed by atoms with Gasteiger partial charge in [0.05, 0.1) is 13.0 Å². The summed E-state index contributed by atoms with van der Waals surface area (Å²) in [6.07, 6.45) is 1.22. The van der Waals surface area contributed by atoms with Crippen molar-refractivity contribution in [2.24, 2.45) is 0 Å². The Morgan fingerprint density at radius 2 is 2.47 bits per heavy atom. The summed E-state index contributed by atoms with van der Waals surface area (Å²) in [6, 6.07) is 1.27. The lowest BCUT2D eigenvalue weighted by Crippen LogP contribution is -2.06. The van der Waals surface area contributed by atoms with Gasteiger partial charge in [-0.25, -0.2) is 9.78 Å². The highest BCUT2D eigenvalue weighted by atomic mass is 35.5. The lowest BCUT2D eigenvalue weighted by atomic mass is 10.2. The molecule has 1 aromatic heterocycles. The van der Waals surface area contributed by atoms with Crippen LogP contribution in [0.25, 0.3) is 0 Å². The van der Waals surface area contributed by atoms with Crippen molar-refractivity contribution in [2.45, 2.75) is 0 Å². The fourth-order valence-corrected chi connectivity index (χ4v) is 0.972. The van der Waals surface area contributed by atoms with Gasteiger partial charge in [0.1, 0.15) is 5.56 Å². The van der Waals surface area contributed by atoms with Crippen LogP contribution in [0.15, 0.2) is 12.3 Å². The third-order valence-electron chi connectivity index (χ3n) is 1.54. The average molecular weight is 228 g/mol. The molecule has 0 saturated heterocycles. The van der Waals surface area contributed by atoms with Gasteiger partial charge < -0.3 is 4.74 Å². The standard InChI is InChI=1S/C10H7ClFNO2/c1-15-10(14)8-5-7(3-2-4-11)6-13-9(8)12/h5-6H,4H2,1H3. The van der Waals surface area contributed by atoms with Crippen LogP contribution in [0.2, 0.25) is 0 Å². The van der Waals surface area contributed by atoms with Crippen LogP contribution in [0.1, 0.15) is 15.9 Å². The third kappa shape index (κ3) is 2.93. The largest absolute Gasteiger partial charge is 0.465 e. The molecule has 0 N–H and O–H groups in total. The van der Waals surface area contributed by atoms with E-state index in [0.717, 1.165) is 0 Å². The number of hydrogen-bond donors (Lipinski definition) is 0. The van der Waals surface area contributed by atoms with Gasteiger partial charge in [0.15, 0.2) is 0 Å². The van der Waals surface area contributed by atoms with E-state index in [9.17, 15) is 9.18 Å². The number of carbonyl (C=O) groups is 1. The van der Waals surface area contributed by atoms with Gasteiger partial charge in [0, 0.05) is 11.8 Å². The summed E-state index contributed by atoms with van der Waals surface area (Å²) in [5.41, 5.74) is 0.177. The number of halogens is 2. The Bertz CT molecular complexity index is 437. The van der Waals surface area contributed by atoms with Crippen molar-refractivity contribution >= 4 is 17.6 Å². The molecule has 0 unspecified atom stereocenters. The van der Waals surface area contributed by atoms with Gasteiger partial charge in [-0.15, -0.1) is 11.6 Å². The Morgan fingerprint density at radius 1 is 1.73 bits per heavy atom. The molecule has 0 aliphatic carbocycles. The first kappa shape index (κ1) is 11.5. The summed E-state index contributed by atoms with van der Waals surface area (Å²) in [5.74, 6) is 3.69. The Kier molecular flexibility index (Phi) is 4.07. The van der Waals surface area contributed by atoms with E-state index in [1.807, 2.05) is 0 Å². The van der Waals surface area contributed by atoms with E-state index in [4.69, 9.17) is 11.6 Å². The van der Waals surface area contributed by atoms with Gasteiger partial charge in [-0.05, 0) is 6.07 Å².